The summed E-state index contributed by atoms with van der Waals surface area (Å²) in [5.41, 5.74) is -1.81. The number of ether oxygens (including phenoxy) is 4. The molecule has 7 aliphatic rings. The zero-order valence-corrected chi connectivity index (χ0v) is 35.6. The lowest BCUT2D eigenvalue weighted by atomic mass is 9.33. The molecule has 1 unspecified atom stereocenters. The molecule has 0 bridgehead atoms. The number of carboxylic acids is 3. The maximum atomic E-state index is 14.8. The van der Waals surface area contributed by atoms with Crippen LogP contribution in [0, 0.1) is 50.2 Å². The van der Waals surface area contributed by atoms with Crippen LogP contribution in [0.25, 0.3) is 0 Å². The predicted octanol–water partition coefficient (Wildman–Crippen LogP) is 1.58. The molecular formula is C42H67NO17. The molecule has 4 saturated carbocycles. The maximum Gasteiger partial charge on any atom is 0.335 e. The molecule has 60 heavy (non-hydrogen) atoms. The second-order valence-electron chi connectivity index (χ2n) is 20.6. The molecule has 7 rings (SSSR count). The first-order chi connectivity index (χ1) is 26.8. The number of rotatable bonds is 7. The highest BCUT2D eigenvalue weighted by atomic mass is 16.8. The van der Waals surface area contributed by atoms with Gasteiger partial charge in [-0.25, -0.2) is 9.59 Å². The highest BCUT2D eigenvalue weighted by molar-refractivity contribution is 5.95. The molecule has 5 aliphatic carbocycles. The average molecular weight is 858 g/mol. The second-order valence-corrected chi connectivity index (χ2v) is 20.6. The van der Waals surface area contributed by atoms with Crippen LogP contribution in [0.3, 0.4) is 0 Å². The van der Waals surface area contributed by atoms with Gasteiger partial charge < -0.3 is 71.4 Å². The lowest BCUT2D eigenvalue weighted by molar-refractivity contribution is -0.371. The Balaban J connectivity index is 0.00000341. The highest BCUT2D eigenvalue weighted by Crippen LogP contribution is 2.75. The van der Waals surface area contributed by atoms with Crippen molar-refractivity contribution in [3.8, 4) is 0 Å². The summed E-state index contributed by atoms with van der Waals surface area (Å²) in [6.07, 6.45) is -12.2. The van der Waals surface area contributed by atoms with Crippen LogP contribution in [0.15, 0.2) is 11.6 Å². The van der Waals surface area contributed by atoms with Gasteiger partial charge in [-0.05, 0) is 110 Å². The molecule has 19 atom stereocenters. The second kappa shape index (κ2) is 15.9. The zero-order chi connectivity index (χ0) is 42.9. The van der Waals surface area contributed by atoms with Gasteiger partial charge in [-0.1, -0.05) is 47.1 Å². The molecule has 0 aromatic carbocycles. The Bertz CT molecular complexity index is 1740. The Labute approximate surface area is 349 Å². The standard InChI is InChI=1S/C42H62O16.H3N.H2O/c1-37(2)21-8-11-42(7)31(20(43)16-18-19-17-39(4,36(53)54)13-12-38(19,3)14-15-41(18,42)6)40(21,5)10-9-22(37)55-35-30(26(47)25(46)29(57-35)33(51)52)58-34-27(48)23(44)24(45)28(56-34)32(49)50;;/h16,19,21-31,34-35,44-48H,8-15,17H2,1-7H3,(H,49,50)(H,51,52)(H,53,54);1H3;1H2/t19-,21-,22-,23-,24-,25-,26-,27+,28-,29-,30+,31+,34-,35?,38+,39-,40-,41+,42+;;/m0../s1. The van der Waals surface area contributed by atoms with Crippen molar-refractivity contribution in [3.05, 3.63) is 11.6 Å². The van der Waals surface area contributed by atoms with Crippen molar-refractivity contribution in [3.63, 3.8) is 0 Å². The van der Waals surface area contributed by atoms with Gasteiger partial charge in [-0.15, -0.1) is 0 Å². The van der Waals surface area contributed by atoms with Crippen LogP contribution in [0.5, 0.6) is 0 Å². The molecule has 18 heteroatoms. The Morgan fingerprint density at radius 3 is 1.85 bits per heavy atom. The number of aliphatic carboxylic acids is 3. The Kier molecular flexibility index (Phi) is 12.8. The Morgan fingerprint density at radius 1 is 0.700 bits per heavy atom. The fourth-order valence-electron chi connectivity index (χ4n) is 13.4. The molecule has 0 aromatic rings. The van der Waals surface area contributed by atoms with Crippen molar-refractivity contribution in [1.29, 1.82) is 0 Å². The topological polar surface area (TPSA) is 334 Å². The molecule has 2 aliphatic heterocycles. The van der Waals surface area contributed by atoms with Crippen LogP contribution in [0.1, 0.15) is 106 Å². The predicted molar refractivity (Wildman–Crippen MR) is 208 cm³/mol. The van der Waals surface area contributed by atoms with Crippen molar-refractivity contribution >= 4 is 23.7 Å². The van der Waals surface area contributed by atoms with Gasteiger partial charge in [0.15, 0.2) is 30.6 Å². The van der Waals surface area contributed by atoms with E-state index in [9.17, 15) is 60.0 Å². The highest BCUT2D eigenvalue weighted by Gasteiger charge is 2.71. The molecule has 2 heterocycles. The molecule has 6 fully saturated rings. The fraction of sp³-hybridized carbons (Fsp3) is 0.857. The SMILES string of the molecule is CC1(C)[C@@H](OC2O[C@H](C(=O)O)[C@@H](O)[C@H](O)[C@H]2O[C@@H]2O[C@H](C(=O)O)[C@@H](O)[C@H](O)[C@H]2O)CC[C@]2(C)[C@H]3C(=O)C=C4[C@@H]5C[C@@](C)(C(=O)O)CC[C@]5(C)CC[C@@]4(C)[C@]3(C)CC[C@@H]12.N.O. The lowest BCUT2D eigenvalue weighted by Gasteiger charge is -2.70. The number of fused-ring (bicyclic) bond motifs is 7. The summed E-state index contributed by atoms with van der Waals surface area (Å²) in [5.74, 6) is -4.47. The van der Waals surface area contributed by atoms with Crippen molar-refractivity contribution < 1.29 is 84.5 Å². The number of hydrogen-bond donors (Lipinski definition) is 9. The molecule has 0 aromatic heterocycles. The number of hydrogen-bond acceptors (Lipinski definition) is 14. The first kappa shape index (κ1) is 48.4. The molecule has 2 saturated heterocycles. The third kappa shape index (κ3) is 6.96. The summed E-state index contributed by atoms with van der Waals surface area (Å²) >= 11 is 0. The van der Waals surface area contributed by atoms with Crippen LogP contribution in [-0.4, -0.2) is 138 Å². The number of aliphatic hydroxyl groups excluding tert-OH is 5. The first-order valence-corrected chi connectivity index (χ1v) is 20.7. The van der Waals surface area contributed by atoms with Gasteiger partial charge in [-0.3, -0.25) is 9.59 Å². The van der Waals surface area contributed by atoms with Crippen molar-refractivity contribution in [2.75, 3.05) is 0 Å². The van der Waals surface area contributed by atoms with Gasteiger partial charge in [0.25, 0.3) is 0 Å². The van der Waals surface area contributed by atoms with Crippen LogP contribution in [-0.2, 0) is 38.1 Å². The van der Waals surface area contributed by atoms with E-state index in [-0.39, 0.29) is 46.0 Å². The number of allylic oxidation sites excluding steroid dienone is 2. The molecular weight excluding hydrogens is 790 g/mol. The molecule has 13 N–H and O–H groups in total. The zero-order valence-electron chi connectivity index (χ0n) is 35.6. The van der Waals surface area contributed by atoms with E-state index in [4.69, 9.17) is 18.9 Å². The Hall–Kier alpha value is -2.62. The maximum absolute atomic E-state index is 14.8. The van der Waals surface area contributed by atoms with Crippen molar-refractivity contribution in [2.45, 2.75) is 174 Å². The van der Waals surface area contributed by atoms with Gasteiger partial charge in [0.05, 0.1) is 11.5 Å². The number of aliphatic hydroxyl groups is 5. The summed E-state index contributed by atoms with van der Waals surface area (Å²) in [7, 11) is 0. The third-order valence-electron chi connectivity index (χ3n) is 17.2. The van der Waals surface area contributed by atoms with E-state index in [1.54, 1.807) is 0 Å². The van der Waals surface area contributed by atoms with E-state index in [2.05, 4.69) is 27.7 Å². The Morgan fingerprint density at radius 2 is 1.27 bits per heavy atom. The minimum absolute atomic E-state index is 0. The summed E-state index contributed by atoms with van der Waals surface area (Å²) in [6, 6.07) is 0. The van der Waals surface area contributed by atoms with E-state index in [0.717, 1.165) is 37.7 Å². The minimum atomic E-state index is -2.05. The molecule has 0 amide bonds. The van der Waals surface area contributed by atoms with E-state index < -0.39 is 107 Å². The number of carboxylic acid groups (broad SMARTS) is 3. The fourth-order valence-corrected chi connectivity index (χ4v) is 13.4. The van der Waals surface area contributed by atoms with Crippen molar-refractivity contribution in [1.82, 2.24) is 6.15 Å². The minimum Gasteiger partial charge on any atom is -0.481 e. The van der Waals surface area contributed by atoms with Gasteiger partial charge in [-0.2, -0.15) is 0 Å². The molecule has 18 nitrogen and oxygen atoms in total. The quantitative estimate of drug-likeness (QED) is 0.164. The molecule has 342 valence electrons. The third-order valence-corrected chi connectivity index (χ3v) is 17.2. The molecule has 0 radical (unpaired) electrons. The van der Waals surface area contributed by atoms with Gasteiger partial charge in [0, 0.05) is 5.92 Å². The first-order valence-electron chi connectivity index (χ1n) is 20.7. The number of carbonyl (C=O) groups is 4. The normalized spacial score (nSPS) is 50.8. The summed E-state index contributed by atoms with van der Waals surface area (Å²) in [5, 5.41) is 83.0. The average Bonchev–Trinajstić information content (AvgIpc) is 3.13. The summed E-state index contributed by atoms with van der Waals surface area (Å²) in [6.45, 7) is 14.8. The van der Waals surface area contributed by atoms with Crippen LogP contribution in [0.2, 0.25) is 0 Å². The summed E-state index contributed by atoms with van der Waals surface area (Å²) < 4.78 is 23.4. The van der Waals surface area contributed by atoms with Crippen molar-refractivity contribution in [2.24, 2.45) is 50.2 Å². The van der Waals surface area contributed by atoms with E-state index in [1.165, 1.54) is 0 Å². The van der Waals surface area contributed by atoms with Gasteiger partial charge in [0.1, 0.15) is 36.6 Å². The number of carbonyl (C=O) groups excluding carboxylic acids is 1. The van der Waals surface area contributed by atoms with Gasteiger partial charge in [0.2, 0.25) is 0 Å². The number of ketones is 1. The monoisotopic (exact) mass is 857 g/mol. The van der Waals surface area contributed by atoms with E-state index in [0.29, 0.717) is 25.7 Å². The lowest BCUT2D eigenvalue weighted by Crippen LogP contribution is -2.68. The largest absolute Gasteiger partial charge is 0.481 e. The van der Waals surface area contributed by atoms with Crippen LogP contribution in [0.4, 0.5) is 0 Å². The van der Waals surface area contributed by atoms with Crippen LogP contribution < -0.4 is 6.15 Å². The summed E-state index contributed by atoms with van der Waals surface area (Å²) in [4.78, 5) is 51.3. The van der Waals surface area contributed by atoms with E-state index >= 15 is 0 Å². The van der Waals surface area contributed by atoms with Gasteiger partial charge >= 0.3 is 17.9 Å². The van der Waals surface area contributed by atoms with Crippen LogP contribution >= 0.6 is 0 Å². The molecule has 0 spiro atoms. The van der Waals surface area contributed by atoms with E-state index in [1.807, 2.05) is 26.8 Å². The smallest absolute Gasteiger partial charge is 0.335 e.